The first kappa shape index (κ1) is 26.0. The van der Waals surface area contributed by atoms with Gasteiger partial charge in [0, 0.05) is 37.4 Å². The number of amides is 3. The van der Waals surface area contributed by atoms with Crippen molar-refractivity contribution < 1.29 is 19.1 Å². The van der Waals surface area contributed by atoms with Crippen LogP contribution in [0.15, 0.2) is 78.3 Å². The van der Waals surface area contributed by atoms with Crippen LogP contribution < -0.4 is 15.5 Å². The van der Waals surface area contributed by atoms with Crippen molar-refractivity contribution in [3.63, 3.8) is 0 Å². The zero-order chi connectivity index (χ0) is 26.4. The molecule has 0 saturated carbocycles. The van der Waals surface area contributed by atoms with E-state index in [4.69, 9.17) is 4.74 Å². The first-order valence-electron chi connectivity index (χ1n) is 11.7. The summed E-state index contributed by atoms with van der Waals surface area (Å²) in [7, 11) is 3.17. The van der Waals surface area contributed by atoms with E-state index in [1.54, 1.807) is 37.7 Å². The third-order valence-electron chi connectivity index (χ3n) is 5.99. The summed E-state index contributed by atoms with van der Waals surface area (Å²) in [5.74, 6) is -1.08. The van der Waals surface area contributed by atoms with Gasteiger partial charge in [-0.25, -0.2) is 4.98 Å². The molecule has 1 aromatic heterocycles. The van der Waals surface area contributed by atoms with E-state index >= 15 is 0 Å². The predicted octanol–water partition coefficient (Wildman–Crippen LogP) is 4.02. The van der Waals surface area contributed by atoms with Gasteiger partial charge in [-0.3, -0.25) is 14.4 Å². The summed E-state index contributed by atoms with van der Waals surface area (Å²) in [6.45, 7) is 1.71. The number of ether oxygens (including phenoxy) is 1. The minimum atomic E-state index is -0.836. The molecule has 0 aliphatic carbocycles. The second kappa shape index (κ2) is 11.8. The average Bonchev–Trinajstić information content (AvgIpc) is 3.40. The maximum absolute atomic E-state index is 13.6. The van der Waals surface area contributed by atoms with Crippen LogP contribution in [0.3, 0.4) is 0 Å². The molecule has 0 spiro atoms. The Morgan fingerprint density at radius 2 is 1.65 bits per heavy atom. The molecule has 0 aliphatic rings. The van der Waals surface area contributed by atoms with Gasteiger partial charge in [-0.15, -0.1) is 11.3 Å². The number of benzene rings is 3. The Morgan fingerprint density at radius 1 is 0.946 bits per heavy atom. The summed E-state index contributed by atoms with van der Waals surface area (Å²) < 4.78 is 6.11. The van der Waals surface area contributed by atoms with Crippen molar-refractivity contribution in [3.8, 4) is 0 Å². The molecule has 3 amide bonds. The molecule has 0 radical (unpaired) electrons. The van der Waals surface area contributed by atoms with Crippen LogP contribution in [-0.4, -0.2) is 49.1 Å². The van der Waals surface area contributed by atoms with Crippen molar-refractivity contribution in [2.45, 2.75) is 25.6 Å². The van der Waals surface area contributed by atoms with Gasteiger partial charge in [-0.2, -0.15) is 0 Å². The summed E-state index contributed by atoms with van der Waals surface area (Å²) in [6.07, 6.45) is -0.169. The second-order valence-electron chi connectivity index (χ2n) is 8.55. The fourth-order valence-electron chi connectivity index (χ4n) is 3.84. The lowest BCUT2D eigenvalue weighted by Crippen LogP contribution is -2.48. The standard InChI is InChI=1S/C28H28N4O4S/c1-18(36-3)30-26(33)20-10-7-11-21(15-20)27(34)31-24(14-19-8-5-4-6-9-19)28(35)32(2)22-12-13-25-23(16-22)29-17-37-25/h4-13,15-18,24H,14H2,1-3H3,(H,30,33)(H,31,34)/t18?,24-/m0/s1. The quantitative estimate of drug-likeness (QED) is 0.327. The van der Waals surface area contributed by atoms with Gasteiger partial charge >= 0.3 is 0 Å². The number of hydrogen-bond donors (Lipinski definition) is 2. The Morgan fingerprint density at radius 3 is 2.35 bits per heavy atom. The van der Waals surface area contributed by atoms with E-state index in [9.17, 15) is 14.4 Å². The molecule has 8 nitrogen and oxygen atoms in total. The van der Waals surface area contributed by atoms with Crippen LogP contribution in [0, 0.1) is 0 Å². The number of anilines is 1. The molecule has 37 heavy (non-hydrogen) atoms. The molecule has 2 N–H and O–H groups in total. The fourth-order valence-corrected chi connectivity index (χ4v) is 4.49. The molecule has 3 aromatic carbocycles. The molecule has 2 atom stereocenters. The van der Waals surface area contributed by atoms with E-state index in [-0.39, 0.29) is 17.4 Å². The van der Waals surface area contributed by atoms with Gasteiger partial charge < -0.3 is 20.3 Å². The van der Waals surface area contributed by atoms with Crippen molar-refractivity contribution in [2.75, 3.05) is 19.1 Å². The highest BCUT2D eigenvalue weighted by molar-refractivity contribution is 7.16. The summed E-state index contributed by atoms with van der Waals surface area (Å²) in [5, 5.41) is 5.57. The van der Waals surface area contributed by atoms with Gasteiger partial charge in [0.2, 0.25) is 5.91 Å². The van der Waals surface area contributed by atoms with Gasteiger partial charge in [0.15, 0.2) is 0 Å². The molecule has 0 fully saturated rings. The molecule has 190 valence electrons. The second-order valence-corrected chi connectivity index (χ2v) is 9.44. The Labute approximate surface area is 219 Å². The highest BCUT2D eigenvalue weighted by Crippen LogP contribution is 2.24. The van der Waals surface area contributed by atoms with E-state index < -0.39 is 18.2 Å². The minimum Gasteiger partial charge on any atom is -0.362 e. The monoisotopic (exact) mass is 516 g/mol. The van der Waals surface area contributed by atoms with Crippen LogP contribution in [-0.2, 0) is 16.0 Å². The number of carbonyl (C=O) groups is 3. The molecule has 0 saturated heterocycles. The van der Waals surface area contributed by atoms with E-state index in [1.807, 2.05) is 48.5 Å². The first-order valence-corrected chi connectivity index (χ1v) is 12.6. The fraction of sp³-hybridized carbons (Fsp3) is 0.214. The number of likely N-dealkylation sites (N-methyl/N-ethyl adjacent to an activating group) is 1. The molecular formula is C28H28N4O4S. The van der Waals surface area contributed by atoms with Crippen molar-refractivity contribution in [1.29, 1.82) is 0 Å². The molecule has 1 unspecified atom stereocenters. The number of rotatable bonds is 9. The summed E-state index contributed by atoms with van der Waals surface area (Å²) in [5.41, 5.74) is 4.75. The molecule has 1 heterocycles. The van der Waals surface area contributed by atoms with Gasteiger partial charge in [0.25, 0.3) is 11.8 Å². The van der Waals surface area contributed by atoms with Crippen molar-refractivity contribution in [1.82, 2.24) is 15.6 Å². The van der Waals surface area contributed by atoms with E-state index in [2.05, 4.69) is 15.6 Å². The molecule has 4 aromatic rings. The van der Waals surface area contributed by atoms with E-state index in [1.165, 1.54) is 29.4 Å². The maximum atomic E-state index is 13.6. The Balaban J connectivity index is 1.56. The third kappa shape index (κ3) is 6.38. The van der Waals surface area contributed by atoms with Crippen molar-refractivity contribution in [2.24, 2.45) is 0 Å². The Bertz CT molecular complexity index is 1410. The van der Waals surface area contributed by atoms with Crippen LogP contribution in [0.1, 0.15) is 33.2 Å². The van der Waals surface area contributed by atoms with Crippen LogP contribution in [0.4, 0.5) is 5.69 Å². The maximum Gasteiger partial charge on any atom is 0.253 e. The number of thiazole rings is 1. The Hall–Kier alpha value is -4.08. The van der Waals surface area contributed by atoms with Crippen molar-refractivity contribution >= 4 is 45.0 Å². The summed E-state index contributed by atoms with van der Waals surface area (Å²) in [6, 6.07) is 20.7. The zero-order valence-electron chi connectivity index (χ0n) is 20.8. The first-order chi connectivity index (χ1) is 17.9. The topological polar surface area (TPSA) is 101 Å². The number of hydrogen-bond acceptors (Lipinski definition) is 6. The highest BCUT2D eigenvalue weighted by Gasteiger charge is 2.26. The zero-order valence-corrected chi connectivity index (χ0v) is 21.6. The number of methoxy groups -OCH3 is 1. The lowest BCUT2D eigenvalue weighted by molar-refractivity contribution is -0.120. The molecule has 0 bridgehead atoms. The SMILES string of the molecule is COC(C)NC(=O)c1cccc(C(=O)N[C@@H](Cc2ccccc2)C(=O)N(C)c2ccc3scnc3c2)c1. The lowest BCUT2D eigenvalue weighted by atomic mass is 10.0. The smallest absolute Gasteiger partial charge is 0.253 e. The van der Waals surface area contributed by atoms with E-state index in [0.717, 1.165) is 15.8 Å². The molecular weight excluding hydrogens is 488 g/mol. The number of nitrogens with one attached hydrogen (secondary N) is 2. The largest absolute Gasteiger partial charge is 0.362 e. The molecule has 0 aliphatic heterocycles. The van der Waals surface area contributed by atoms with E-state index in [0.29, 0.717) is 17.7 Å². The Kier molecular flexibility index (Phi) is 8.27. The third-order valence-corrected chi connectivity index (χ3v) is 6.80. The molecule has 9 heteroatoms. The normalized spacial score (nSPS) is 12.5. The van der Waals surface area contributed by atoms with Gasteiger partial charge in [0.05, 0.1) is 15.7 Å². The summed E-state index contributed by atoms with van der Waals surface area (Å²) in [4.78, 5) is 45.2. The van der Waals surface area contributed by atoms with Crippen LogP contribution in [0.5, 0.6) is 0 Å². The van der Waals surface area contributed by atoms with Crippen LogP contribution >= 0.6 is 11.3 Å². The average molecular weight is 517 g/mol. The lowest BCUT2D eigenvalue weighted by Gasteiger charge is -2.25. The predicted molar refractivity (Wildman–Crippen MR) is 145 cm³/mol. The van der Waals surface area contributed by atoms with Gasteiger partial charge in [0.1, 0.15) is 12.3 Å². The minimum absolute atomic E-state index is 0.269. The summed E-state index contributed by atoms with van der Waals surface area (Å²) >= 11 is 1.53. The van der Waals surface area contributed by atoms with Crippen LogP contribution in [0.2, 0.25) is 0 Å². The van der Waals surface area contributed by atoms with Crippen molar-refractivity contribution in [3.05, 3.63) is 95.0 Å². The van der Waals surface area contributed by atoms with Crippen LogP contribution in [0.25, 0.3) is 10.2 Å². The number of nitrogens with zero attached hydrogens (tertiary/aromatic N) is 2. The number of fused-ring (bicyclic) bond motifs is 1. The molecule has 4 rings (SSSR count). The number of aromatic nitrogens is 1. The van der Waals surface area contributed by atoms with Gasteiger partial charge in [-0.1, -0.05) is 36.4 Å². The van der Waals surface area contributed by atoms with Gasteiger partial charge in [-0.05, 0) is 48.9 Å². The number of carbonyl (C=O) groups excluding carboxylic acids is 3. The highest BCUT2D eigenvalue weighted by atomic mass is 32.1.